The van der Waals surface area contributed by atoms with E-state index in [4.69, 9.17) is 16.3 Å². The molecule has 0 unspecified atom stereocenters. The maximum Gasteiger partial charge on any atom is 0.340 e. The molecule has 0 aromatic carbocycles. The maximum absolute atomic E-state index is 12.3. The van der Waals surface area contributed by atoms with Crippen LogP contribution in [0, 0.1) is 11.8 Å². The Morgan fingerprint density at radius 2 is 2.09 bits per heavy atom. The molecule has 0 radical (unpaired) electrons. The Bertz CT molecular complexity index is 561. The fourth-order valence-electron chi connectivity index (χ4n) is 2.86. The van der Waals surface area contributed by atoms with Crippen molar-refractivity contribution >= 4 is 23.5 Å². The van der Waals surface area contributed by atoms with Gasteiger partial charge in [-0.3, -0.25) is 4.79 Å². The van der Waals surface area contributed by atoms with Gasteiger partial charge in [0, 0.05) is 12.2 Å². The Kier molecular flexibility index (Phi) is 5.99. The monoisotopic (exact) mass is 338 g/mol. The Morgan fingerprint density at radius 1 is 1.35 bits per heavy atom. The molecule has 1 heterocycles. The van der Waals surface area contributed by atoms with Crippen molar-refractivity contribution in [3.63, 3.8) is 0 Å². The third-order valence-electron chi connectivity index (χ3n) is 4.65. The number of carbonyl (C=O) groups is 2. The summed E-state index contributed by atoms with van der Waals surface area (Å²) in [6.45, 7) is 5.94. The molecule has 1 amide bonds. The molecule has 2 rings (SSSR count). The number of hydrogen-bond acceptors (Lipinski definition) is 4. The van der Waals surface area contributed by atoms with Gasteiger partial charge in [0.05, 0.1) is 5.56 Å². The van der Waals surface area contributed by atoms with Gasteiger partial charge in [-0.1, -0.05) is 38.3 Å². The summed E-state index contributed by atoms with van der Waals surface area (Å²) >= 11 is 5.68. The molecule has 1 N–H and O–H groups in total. The normalized spacial score (nSPS) is 25.5. The predicted molar refractivity (Wildman–Crippen MR) is 88.2 cm³/mol. The van der Waals surface area contributed by atoms with E-state index in [2.05, 4.69) is 24.1 Å². The van der Waals surface area contributed by atoms with Crippen LogP contribution in [0.2, 0.25) is 5.15 Å². The van der Waals surface area contributed by atoms with E-state index in [9.17, 15) is 9.59 Å². The van der Waals surface area contributed by atoms with Crippen molar-refractivity contribution in [3.8, 4) is 0 Å². The third-order valence-corrected chi connectivity index (χ3v) is 4.87. The van der Waals surface area contributed by atoms with Crippen molar-refractivity contribution in [2.24, 2.45) is 11.8 Å². The Labute approximate surface area is 141 Å². The maximum atomic E-state index is 12.3. The van der Waals surface area contributed by atoms with Crippen molar-refractivity contribution in [3.05, 3.63) is 29.0 Å². The van der Waals surface area contributed by atoms with Gasteiger partial charge in [0.2, 0.25) is 0 Å². The van der Waals surface area contributed by atoms with Gasteiger partial charge in [0.1, 0.15) is 5.15 Å². The Hall–Kier alpha value is -1.62. The van der Waals surface area contributed by atoms with Crippen molar-refractivity contribution in [1.29, 1.82) is 0 Å². The molecule has 23 heavy (non-hydrogen) atoms. The SMILES string of the molecule is C[C@H]1[C@@H](NC(=O)[C@@H](C)OC(=O)c2ccc(Cl)nc2)CCC[C@@H]1C. The fourth-order valence-corrected chi connectivity index (χ4v) is 2.98. The van der Waals surface area contributed by atoms with E-state index in [1.165, 1.54) is 24.8 Å². The third kappa shape index (κ3) is 4.67. The summed E-state index contributed by atoms with van der Waals surface area (Å²) in [5.74, 6) is 0.177. The first-order chi connectivity index (χ1) is 10.9. The van der Waals surface area contributed by atoms with E-state index < -0.39 is 12.1 Å². The molecular weight excluding hydrogens is 316 g/mol. The number of ether oxygens (including phenoxy) is 1. The van der Waals surface area contributed by atoms with E-state index in [0.717, 1.165) is 12.8 Å². The summed E-state index contributed by atoms with van der Waals surface area (Å²) in [6, 6.07) is 3.17. The minimum atomic E-state index is -0.845. The molecule has 0 saturated heterocycles. The van der Waals surface area contributed by atoms with Crippen LogP contribution in [-0.2, 0) is 9.53 Å². The predicted octanol–water partition coefficient (Wildman–Crippen LogP) is 3.22. The summed E-state index contributed by atoms with van der Waals surface area (Å²) in [5, 5.41) is 3.31. The number of esters is 1. The van der Waals surface area contributed by atoms with Crippen LogP contribution in [0.4, 0.5) is 0 Å². The Balaban J connectivity index is 1.89. The summed E-state index contributed by atoms with van der Waals surface area (Å²) in [6.07, 6.45) is 3.77. The standard InChI is InChI=1S/C17H23ClN2O3/c1-10-5-4-6-14(11(10)2)20-16(21)12(3)23-17(22)13-7-8-15(18)19-9-13/h7-12,14H,4-6H2,1-3H3,(H,20,21)/t10-,11+,12+,14-/m0/s1. The highest BCUT2D eigenvalue weighted by atomic mass is 35.5. The zero-order valence-corrected chi connectivity index (χ0v) is 14.5. The molecule has 5 nitrogen and oxygen atoms in total. The number of rotatable bonds is 4. The highest BCUT2D eigenvalue weighted by molar-refractivity contribution is 6.29. The highest BCUT2D eigenvalue weighted by Crippen LogP contribution is 2.29. The molecule has 1 fully saturated rings. The summed E-state index contributed by atoms with van der Waals surface area (Å²) in [7, 11) is 0. The number of nitrogens with zero attached hydrogens (tertiary/aromatic N) is 1. The number of nitrogens with one attached hydrogen (secondary N) is 1. The van der Waals surface area contributed by atoms with Crippen LogP contribution in [0.15, 0.2) is 18.3 Å². The zero-order valence-electron chi connectivity index (χ0n) is 13.7. The van der Waals surface area contributed by atoms with Crippen LogP contribution in [0.25, 0.3) is 0 Å². The number of amides is 1. The lowest BCUT2D eigenvalue weighted by atomic mass is 9.78. The molecule has 0 spiro atoms. The molecule has 6 heteroatoms. The molecule has 1 aromatic heterocycles. The zero-order chi connectivity index (χ0) is 17.0. The number of halogens is 1. The van der Waals surface area contributed by atoms with E-state index in [1.807, 2.05) is 0 Å². The second-order valence-corrected chi connectivity index (χ2v) is 6.69. The first-order valence-electron chi connectivity index (χ1n) is 8.01. The molecule has 1 aromatic rings. The molecule has 1 aliphatic rings. The van der Waals surface area contributed by atoms with E-state index in [1.54, 1.807) is 6.92 Å². The lowest BCUT2D eigenvalue weighted by Gasteiger charge is -2.35. The Morgan fingerprint density at radius 3 is 2.74 bits per heavy atom. The first-order valence-corrected chi connectivity index (χ1v) is 8.39. The van der Waals surface area contributed by atoms with Crippen molar-refractivity contribution in [2.45, 2.75) is 52.2 Å². The molecule has 0 aliphatic heterocycles. The first kappa shape index (κ1) is 17.7. The highest BCUT2D eigenvalue weighted by Gasteiger charge is 2.30. The van der Waals surface area contributed by atoms with Gasteiger partial charge < -0.3 is 10.1 Å². The van der Waals surface area contributed by atoms with Crippen molar-refractivity contribution in [2.75, 3.05) is 0 Å². The largest absolute Gasteiger partial charge is 0.449 e. The van der Waals surface area contributed by atoms with E-state index >= 15 is 0 Å². The average Bonchev–Trinajstić information content (AvgIpc) is 2.52. The van der Waals surface area contributed by atoms with Gasteiger partial charge >= 0.3 is 5.97 Å². The van der Waals surface area contributed by atoms with Gasteiger partial charge in [-0.2, -0.15) is 0 Å². The quantitative estimate of drug-likeness (QED) is 0.676. The number of aromatic nitrogens is 1. The summed E-state index contributed by atoms with van der Waals surface area (Å²) in [4.78, 5) is 28.1. The summed E-state index contributed by atoms with van der Waals surface area (Å²) in [5.41, 5.74) is 0.272. The average molecular weight is 339 g/mol. The van der Waals surface area contributed by atoms with Gasteiger partial charge in [-0.25, -0.2) is 9.78 Å². The minimum absolute atomic E-state index is 0.143. The van der Waals surface area contributed by atoms with Crippen LogP contribution in [0.3, 0.4) is 0 Å². The molecule has 1 saturated carbocycles. The smallest absolute Gasteiger partial charge is 0.340 e. The second kappa shape index (κ2) is 7.77. The van der Waals surface area contributed by atoms with Gasteiger partial charge in [0.25, 0.3) is 5.91 Å². The number of carbonyl (C=O) groups excluding carboxylic acids is 2. The molecular formula is C17H23ClN2O3. The molecule has 0 bridgehead atoms. The molecule has 4 atom stereocenters. The number of pyridine rings is 1. The van der Waals surface area contributed by atoms with Crippen molar-refractivity contribution in [1.82, 2.24) is 10.3 Å². The van der Waals surface area contributed by atoms with Crippen LogP contribution >= 0.6 is 11.6 Å². The lowest BCUT2D eigenvalue weighted by Crippen LogP contribution is -2.47. The van der Waals surface area contributed by atoms with E-state index in [-0.39, 0.29) is 17.5 Å². The topological polar surface area (TPSA) is 68.3 Å². The second-order valence-electron chi connectivity index (χ2n) is 6.30. The molecule has 1 aliphatic carbocycles. The van der Waals surface area contributed by atoms with Crippen LogP contribution in [0.5, 0.6) is 0 Å². The van der Waals surface area contributed by atoms with Gasteiger partial charge in [0.15, 0.2) is 6.10 Å². The van der Waals surface area contributed by atoms with Crippen LogP contribution in [0.1, 0.15) is 50.4 Å². The lowest BCUT2D eigenvalue weighted by molar-refractivity contribution is -0.130. The van der Waals surface area contributed by atoms with Gasteiger partial charge in [-0.15, -0.1) is 0 Å². The van der Waals surface area contributed by atoms with Gasteiger partial charge in [-0.05, 0) is 37.3 Å². The van der Waals surface area contributed by atoms with Crippen LogP contribution < -0.4 is 5.32 Å². The molecule has 126 valence electrons. The van der Waals surface area contributed by atoms with Crippen molar-refractivity contribution < 1.29 is 14.3 Å². The minimum Gasteiger partial charge on any atom is -0.449 e. The summed E-state index contributed by atoms with van der Waals surface area (Å²) < 4.78 is 5.21. The number of hydrogen-bond donors (Lipinski definition) is 1. The van der Waals surface area contributed by atoms with E-state index in [0.29, 0.717) is 17.0 Å². The van der Waals surface area contributed by atoms with Crippen LogP contribution in [-0.4, -0.2) is 29.0 Å². The fraction of sp³-hybridized carbons (Fsp3) is 0.588.